The summed E-state index contributed by atoms with van der Waals surface area (Å²) in [4.78, 5) is 36.6. The van der Waals surface area contributed by atoms with Crippen molar-refractivity contribution in [2.75, 3.05) is 18.4 Å². The maximum atomic E-state index is 13.9. The van der Waals surface area contributed by atoms with Crippen LogP contribution in [0.25, 0.3) is 11.4 Å². The van der Waals surface area contributed by atoms with E-state index in [2.05, 4.69) is 30.2 Å². The standard InChI is InChI=1S/C25H28F3N7O2/c1-13-8-29-22(30-9-13)18-7-6-14(2)33-21(18)23(36)35-12-15(3)37-17(5)20(35)11-32-24-31-10-19(16(4)34-24)25(26,27)28/h6-10,15,17,20H,11-12H2,1-5H3,(H,31,32,34)/t15-,17+,20-/m1/s1. The highest BCUT2D eigenvalue weighted by Gasteiger charge is 2.38. The molecule has 12 heteroatoms. The summed E-state index contributed by atoms with van der Waals surface area (Å²) in [6.07, 6.45) is -1.04. The van der Waals surface area contributed by atoms with Crippen LogP contribution in [0.5, 0.6) is 0 Å². The molecule has 1 N–H and O–H groups in total. The van der Waals surface area contributed by atoms with Crippen LogP contribution in [0.3, 0.4) is 0 Å². The summed E-state index contributed by atoms with van der Waals surface area (Å²) < 4.78 is 45.2. The number of aryl methyl sites for hydroxylation is 3. The topological polar surface area (TPSA) is 106 Å². The van der Waals surface area contributed by atoms with Crippen LogP contribution in [0.15, 0.2) is 30.7 Å². The number of pyridine rings is 1. The van der Waals surface area contributed by atoms with Gasteiger partial charge < -0.3 is 15.0 Å². The van der Waals surface area contributed by atoms with Gasteiger partial charge in [0.15, 0.2) is 5.82 Å². The highest BCUT2D eigenvalue weighted by Crippen LogP contribution is 2.31. The molecule has 0 aliphatic carbocycles. The summed E-state index contributed by atoms with van der Waals surface area (Å²) in [6, 6.07) is 3.10. The number of nitrogens with one attached hydrogen (secondary N) is 1. The Labute approximate surface area is 212 Å². The Balaban J connectivity index is 1.62. The monoisotopic (exact) mass is 515 g/mol. The van der Waals surface area contributed by atoms with E-state index in [9.17, 15) is 18.0 Å². The van der Waals surface area contributed by atoms with E-state index in [4.69, 9.17) is 4.74 Å². The Bertz CT molecular complexity index is 1280. The molecule has 3 aromatic rings. The lowest BCUT2D eigenvalue weighted by Gasteiger charge is -2.42. The van der Waals surface area contributed by atoms with Crippen molar-refractivity contribution in [3.8, 4) is 11.4 Å². The summed E-state index contributed by atoms with van der Waals surface area (Å²) in [5.74, 6) is 0.103. The van der Waals surface area contributed by atoms with Crippen LogP contribution in [-0.4, -0.2) is 67.1 Å². The molecule has 1 fully saturated rings. The summed E-state index contributed by atoms with van der Waals surface area (Å²) in [6.45, 7) is 9.12. The number of amides is 1. The average Bonchev–Trinajstić information content (AvgIpc) is 2.82. The SMILES string of the molecule is Cc1cnc(-c2ccc(C)nc2C(=O)N2C[C@@H](C)O[C@@H](C)[C@H]2CNc2ncc(C(F)(F)F)c(C)n2)nc1. The van der Waals surface area contributed by atoms with Gasteiger partial charge in [0.1, 0.15) is 5.69 Å². The van der Waals surface area contributed by atoms with Gasteiger partial charge in [-0.1, -0.05) is 0 Å². The Morgan fingerprint density at radius 3 is 2.43 bits per heavy atom. The molecule has 1 aliphatic rings. The van der Waals surface area contributed by atoms with Gasteiger partial charge in [-0.15, -0.1) is 0 Å². The number of rotatable bonds is 5. The lowest BCUT2D eigenvalue weighted by atomic mass is 10.0. The molecule has 0 spiro atoms. The first kappa shape index (κ1) is 26.4. The third-order valence-electron chi connectivity index (χ3n) is 6.12. The average molecular weight is 516 g/mol. The Kier molecular flexibility index (Phi) is 7.39. The second-order valence-electron chi connectivity index (χ2n) is 9.18. The van der Waals surface area contributed by atoms with E-state index in [1.807, 2.05) is 20.8 Å². The summed E-state index contributed by atoms with van der Waals surface area (Å²) in [5, 5.41) is 2.97. The van der Waals surface area contributed by atoms with E-state index in [-0.39, 0.29) is 42.0 Å². The van der Waals surface area contributed by atoms with Crippen molar-refractivity contribution >= 4 is 11.9 Å². The van der Waals surface area contributed by atoms with Crippen LogP contribution < -0.4 is 5.32 Å². The van der Waals surface area contributed by atoms with E-state index in [1.54, 1.807) is 36.4 Å². The maximum Gasteiger partial charge on any atom is 0.419 e. The second kappa shape index (κ2) is 10.4. The molecule has 37 heavy (non-hydrogen) atoms. The van der Waals surface area contributed by atoms with E-state index in [1.165, 1.54) is 6.92 Å². The zero-order chi connectivity index (χ0) is 26.9. The van der Waals surface area contributed by atoms with Gasteiger partial charge in [-0.05, 0) is 52.3 Å². The molecule has 0 saturated carbocycles. The molecule has 4 rings (SSSR count). The fraction of sp³-hybridized carbons (Fsp3) is 0.440. The van der Waals surface area contributed by atoms with Crippen molar-refractivity contribution in [2.45, 2.75) is 59.0 Å². The van der Waals surface area contributed by atoms with E-state index < -0.39 is 17.8 Å². The van der Waals surface area contributed by atoms with Gasteiger partial charge in [0.2, 0.25) is 5.95 Å². The first-order valence-electron chi connectivity index (χ1n) is 11.8. The molecule has 4 heterocycles. The molecule has 196 valence electrons. The minimum Gasteiger partial charge on any atom is -0.372 e. The molecule has 9 nitrogen and oxygen atoms in total. The molecule has 3 aromatic heterocycles. The Hall–Kier alpha value is -3.67. The number of nitrogens with zero attached hydrogens (tertiary/aromatic N) is 6. The van der Waals surface area contributed by atoms with Gasteiger partial charge in [0.05, 0.1) is 35.1 Å². The van der Waals surface area contributed by atoms with Crippen molar-refractivity contribution in [3.63, 3.8) is 0 Å². The quantitative estimate of drug-likeness (QED) is 0.544. The predicted molar refractivity (Wildman–Crippen MR) is 130 cm³/mol. The Morgan fingerprint density at radius 1 is 1.08 bits per heavy atom. The third-order valence-corrected chi connectivity index (χ3v) is 6.12. The molecule has 0 unspecified atom stereocenters. The number of carbonyl (C=O) groups excluding carboxylic acids is 1. The summed E-state index contributed by atoms with van der Waals surface area (Å²) in [5.41, 5.74) is 1.20. The van der Waals surface area contributed by atoms with E-state index in [0.717, 1.165) is 11.8 Å². The molecule has 3 atom stereocenters. The van der Waals surface area contributed by atoms with Crippen molar-refractivity contribution in [1.29, 1.82) is 0 Å². The number of aromatic nitrogens is 5. The number of halogens is 3. The van der Waals surface area contributed by atoms with Crippen LogP contribution in [0, 0.1) is 20.8 Å². The van der Waals surface area contributed by atoms with Crippen LogP contribution in [0.1, 0.15) is 46.9 Å². The normalized spacial score (nSPS) is 20.1. The summed E-state index contributed by atoms with van der Waals surface area (Å²) >= 11 is 0. The van der Waals surface area contributed by atoms with Gasteiger partial charge in [-0.3, -0.25) is 4.79 Å². The fourth-order valence-corrected chi connectivity index (χ4v) is 4.27. The molecule has 1 aliphatic heterocycles. The van der Waals surface area contributed by atoms with Gasteiger partial charge in [0, 0.05) is 37.4 Å². The van der Waals surface area contributed by atoms with Gasteiger partial charge in [-0.25, -0.2) is 24.9 Å². The largest absolute Gasteiger partial charge is 0.419 e. The van der Waals surface area contributed by atoms with Gasteiger partial charge in [0.25, 0.3) is 5.91 Å². The molecule has 0 aromatic carbocycles. The lowest BCUT2D eigenvalue weighted by Crippen LogP contribution is -2.58. The molecule has 0 bridgehead atoms. The minimum absolute atomic E-state index is 0.0335. The van der Waals surface area contributed by atoms with Gasteiger partial charge in [-0.2, -0.15) is 13.2 Å². The first-order valence-corrected chi connectivity index (χ1v) is 11.8. The fourth-order valence-electron chi connectivity index (χ4n) is 4.27. The highest BCUT2D eigenvalue weighted by molar-refractivity contribution is 5.98. The second-order valence-corrected chi connectivity index (χ2v) is 9.18. The number of hydrogen-bond acceptors (Lipinski definition) is 8. The molecular formula is C25H28F3N7O2. The summed E-state index contributed by atoms with van der Waals surface area (Å²) in [7, 11) is 0. The number of alkyl halides is 3. The zero-order valence-corrected chi connectivity index (χ0v) is 21.2. The molecule has 1 amide bonds. The van der Waals surface area contributed by atoms with Crippen molar-refractivity contribution in [1.82, 2.24) is 29.8 Å². The van der Waals surface area contributed by atoms with E-state index in [0.29, 0.717) is 23.6 Å². The number of carbonyl (C=O) groups is 1. The lowest BCUT2D eigenvalue weighted by molar-refractivity contribution is -0.138. The van der Waals surface area contributed by atoms with Crippen LogP contribution in [0.4, 0.5) is 19.1 Å². The smallest absolute Gasteiger partial charge is 0.372 e. The van der Waals surface area contributed by atoms with Crippen LogP contribution in [0.2, 0.25) is 0 Å². The zero-order valence-electron chi connectivity index (χ0n) is 21.2. The minimum atomic E-state index is -4.53. The number of ether oxygens (including phenoxy) is 1. The van der Waals surface area contributed by atoms with Crippen molar-refractivity contribution in [2.24, 2.45) is 0 Å². The van der Waals surface area contributed by atoms with Crippen molar-refractivity contribution in [3.05, 3.63) is 58.9 Å². The molecule has 1 saturated heterocycles. The van der Waals surface area contributed by atoms with E-state index >= 15 is 0 Å². The molecule has 0 radical (unpaired) electrons. The first-order chi connectivity index (χ1) is 17.4. The van der Waals surface area contributed by atoms with Gasteiger partial charge >= 0.3 is 6.18 Å². The number of anilines is 1. The highest BCUT2D eigenvalue weighted by atomic mass is 19.4. The molecular weight excluding hydrogens is 487 g/mol. The van der Waals surface area contributed by atoms with Crippen LogP contribution in [-0.2, 0) is 10.9 Å². The van der Waals surface area contributed by atoms with Crippen LogP contribution >= 0.6 is 0 Å². The van der Waals surface area contributed by atoms with Crippen molar-refractivity contribution < 1.29 is 22.7 Å². The third kappa shape index (κ3) is 5.85. The predicted octanol–water partition coefficient (Wildman–Crippen LogP) is 4.00. The number of hydrogen-bond donors (Lipinski definition) is 1. The Morgan fingerprint density at radius 2 is 1.78 bits per heavy atom. The maximum absolute atomic E-state index is 13.9. The number of morpholine rings is 1.